The van der Waals surface area contributed by atoms with Crippen LogP contribution in [0.4, 0.5) is 0 Å². The standard InChI is InChI=1S/C18H16N4O6S4/c1-7-20-21-18(32-7)31-6-9-5-30-15-11(14(24)22(15)12(9)16(25)26)19-10(23)4-8-2-3-29-13(8)17(27)28/h2-3,11,15H,4-6H2,1H3,(H,19,23)(H,25,26)(H,27,28)/t11?,15-/m1/s1. The molecule has 1 unspecified atom stereocenters. The van der Waals surface area contributed by atoms with Gasteiger partial charge >= 0.3 is 11.9 Å². The minimum absolute atomic E-state index is 0.0519. The molecular formula is C18H16N4O6S4. The average molecular weight is 513 g/mol. The Morgan fingerprint density at radius 2 is 2.06 bits per heavy atom. The molecule has 14 heteroatoms. The number of aryl methyl sites for hydroxylation is 1. The van der Waals surface area contributed by atoms with Crippen LogP contribution in [-0.4, -0.2) is 72.0 Å². The first-order valence-corrected chi connectivity index (χ1v) is 12.9. The molecule has 0 radical (unpaired) electrons. The third-order valence-corrected chi connectivity index (χ3v) is 9.08. The SMILES string of the molecule is Cc1nnc(SCC2=C(C(=O)O)N3C(=O)C(NC(=O)Cc4ccsc4C(=O)O)[C@H]3SC2)s1. The quantitative estimate of drug-likeness (QED) is 0.352. The molecule has 3 N–H and O–H groups in total. The van der Waals surface area contributed by atoms with Crippen LogP contribution in [0.5, 0.6) is 0 Å². The van der Waals surface area contributed by atoms with Crippen LogP contribution >= 0.6 is 46.2 Å². The normalized spacial score (nSPS) is 20.0. The lowest BCUT2D eigenvalue weighted by molar-refractivity contribution is -0.150. The van der Waals surface area contributed by atoms with Gasteiger partial charge in [-0.3, -0.25) is 14.5 Å². The maximum atomic E-state index is 12.7. The molecule has 2 amide bonds. The average Bonchev–Trinajstić information content (AvgIpc) is 3.38. The van der Waals surface area contributed by atoms with Gasteiger partial charge in [0.25, 0.3) is 5.91 Å². The number of carbonyl (C=O) groups is 4. The van der Waals surface area contributed by atoms with Gasteiger partial charge in [0.2, 0.25) is 5.91 Å². The summed E-state index contributed by atoms with van der Waals surface area (Å²) < 4.78 is 0.723. The fourth-order valence-corrected chi connectivity index (χ4v) is 7.40. The van der Waals surface area contributed by atoms with Crippen molar-refractivity contribution < 1.29 is 29.4 Å². The Hall–Kier alpha value is -2.42. The number of fused-ring (bicyclic) bond motifs is 1. The van der Waals surface area contributed by atoms with Crippen LogP contribution < -0.4 is 5.32 Å². The third-order valence-electron chi connectivity index (χ3n) is 4.74. The molecule has 0 aliphatic carbocycles. The number of carbonyl (C=O) groups excluding carboxylic acids is 2. The second kappa shape index (κ2) is 9.21. The van der Waals surface area contributed by atoms with E-state index in [-0.39, 0.29) is 17.0 Å². The van der Waals surface area contributed by atoms with Crippen molar-refractivity contribution >= 4 is 70.0 Å². The number of rotatable bonds is 8. The summed E-state index contributed by atoms with van der Waals surface area (Å²) in [6.45, 7) is 1.83. The van der Waals surface area contributed by atoms with Crippen LogP contribution in [0.15, 0.2) is 27.1 Å². The molecule has 4 rings (SSSR count). The van der Waals surface area contributed by atoms with Crippen molar-refractivity contribution in [2.75, 3.05) is 11.5 Å². The van der Waals surface area contributed by atoms with E-state index < -0.39 is 35.2 Å². The third kappa shape index (κ3) is 4.40. The van der Waals surface area contributed by atoms with Gasteiger partial charge in [-0.25, -0.2) is 9.59 Å². The van der Waals surface area contributed by atoms with Gasteiger partial charge in [-0.1, -0.05) is 23.1 Å². The molecule has 0 spiro atoms. The highest BCUT2D eigenvalue weighted by atomic mass is 32.2. The minimum Gasteiger partial charge on any atom is -0.477 e. The molecule has 1 fully saturated rings. The van der Waals surface area contributed by atoms with Crippen molar-refractivity contribution in [3.63, 3.8) is 0 Å². The molecule has 4 heterocycles. The number of amides is 2. The summed E-state index contributed by atoms with van der Waals surface area (Å²) in [6, 6.07) is 0.709. The molecule has 0 aromatic carbocycles. The summed E-state index contributed by atoms with van der Waals surface area (Å²) in [5.41, 5.74) is 0.931. The fourth-order valence-electron chi connectivity index (χ4n) is 3.34. The van der Waals surface area contributed by atoms with E-state index in [1.165, 1.54) is 39.8 Å². The number of carboxylic acids is 2. The second-order valence-corrected chi connectivity index (χ2v) is 11.3. The molecule has 2 atom stereocenters. The smallest absolute Gasteiger partial charge is 0.352 e. The molecular weight excluding hydrogens is 496 g/mol. The number of carboxylic acid groups (broad SMARTS) is 2. The van der Waals surface area contributed by atoms with Crippen molar-refractivity contribution in [2.24, 2.45) is 0 Å². The number of thioether (sulfide) groups is 2. The molecule has 10 nitrogen and oxygen atoms in total. The molecule has 2 aromatic rings. The molecule has 0 bridgehead atoms. The number of hydrogen-bond donors (Lipinski definition) is 3. The zero-order chi connectivity index (χ0) is 23.0. The van der Waals surface area contributed by atoms with Crippen LogP contribution in [0.1, 0.15) is 20.2 Å². The first-order valence-electron chi connectivity index (χ1n) is 9.18. The summed E-state index contributed by atoms with van der Waals surface area (Å²) in [4.78, 5) is 49.6. The van der Waals surface area contributed by atoms with Gasteiger partial charge in [-0.05, 0) is 29.5 Å². The first kappa shape index (κ1) is 22.8. The second-order valence-electron chi connectivity index (χ2n) is 6.84. The van der Waals surface area contributed by atoms with E-state index in [0.717, 1.165) is 20.7 Å². The number of hydrogen-bond acceptors (Lipinski definition) is 10. The highest BCUT2D eigenvalue weighted by molar-refractivity contribution is 8.01. The largest absolute Gasteiger partial charge is 0.477 e. The van der Waals surface area contributed by atoms with Gasteiger partial charge in [0.15, 0.2) is 4.34 Å². The Morgan fingerprint density at radius 3 is 2.72 bits per heavy atom. The topological polar surface area (TPSA) is 150 Å². The number of aromatic nitrogens is 2. The predicted molar refractivity (Wildman–Crippen MR) is 120 cm³/mol. The Bertz CT molecular complexity index is 1140. The lowest BCUT2D eigenvalue weighted by Gasteiger charge is -2.49. The monoisotopic (exact) mass is 512 g/mol. The van der Waals surface area contributed by atoms with Crippen molar-refractivity contribution in [1.82, 2.24) is 20.4 Å². The minimum atomic E-state index is -1.19. The molecule has 32 heavy (non-hydrogen) atoms. The van der Waals surface area contributed by atoms with Gasteiger partial charge in [0, 0.05) is 11.5 Å². The molecule has 2 aliphatic rings. The fraction of sp³-hybridized carbons (Fsp3) is 0.333. The molecule has 1 saturated heterocycles. The van der Waals surface area contributed by atoms with Crippen molar-refractivity contribution in [2.45, 2.75) is 29.1 Å². The van der Waals surface area contributed by atoms with Crippen molar-refractivity contribution in [3.8, 4) is 0 Å². The number of nitrogens with zero attached hydrogens (tertiary/aromatic N) is 3. The van der Waals surface area contributed by atoms with E-state index in [9.17, 15) is 29.4 Å². The van der Waals surface area contributed by atoms with Gasteiger partial charge in [-0.15, -0.1) is 33.3 Å². The maximum absolute atomic E-state index is 12.7. The number of nitrogens with one attached hydrogen (secondary N) is 1. The van der Waals surface area contributed by atoms with E-state index in [1.807, 2.05) is 6.92 Å². The van der Waals surface area contributed by atoms with Gasteiger partial charge in [0.1, 0.15) is 27.0 Å². The summed E-state index contributed by atoms with van der Waals surface area (Å²) in [6.07, 6.45) is -0.170. The number of aromatic carboxylic acids is 1. The van der Waals surface area contributed by atoms with Gasteiger partial charge in [0.05, 0.1) is 6.42 Å². The van der Waals surface area contributed by atoms with Gasteiger partial charge in [-0.2, -0.15) is 0 Å². The number of β-lactam (4-membered cyclic amide) rings is 1. The molecule has 0 saturated carbocycles. The summed E-state index contributed by atoms with van der Waals surface area (Å²) in [5.74, 6) is -2.51. The Morgan fingerprint density at radius 1 is 1.28 bits per heavy atom. The maximum Gasteiger partial charge on any atom is 0.352 e. The first-order chi connectivity index (χ1) is 15.3. The highest BCUT2D eigenvalue weighted by Gasteiger charge is 2.54. The highest BCUT2D eigenvalue weighted by Crippen LogP contribution is 2.41. The summed E-state index contributed by atoms with van der Waals surface area (Å²) in [5, 5.41) is 31.4. The van der Waals surface area contributed by atoms with E-state index in [0.29, 0.717) is 22.6 Å². The lowest BCUT2D eigenvalue weighted by Crippen LogP contribution is -2.70. The van der Waals surface area contributed by atoms with Crippen molar-refractivity contribution in [1.29, 1.82) is 0 Å². The zero-order valence-electron chi connectivity index (χ0n) is 16.4. The van der Waals surface area contributed by atoms with Crippen LogP contribution in [0.25, 0.3) is 0 Å². The van der Waals surface area contributed by atoms with Crippen LogP contribution in [0.2, 0.25) is 0 Å². The Balaban J connectivity index is 1.43. The Kier molecular flexibility index (Phi) is 6.55. The zero-order valence-corrected chi connectivity index (χ0v) is 19.7. The van der Waals surface area contributed by atoms with E-state index >= 15 is 0 Å². The van der Waals surface area contributed by atoms with Crippen molar-refractivity contribution in [3.05, 3.63) is 38.2 Å². The van der Waals surface area contributed by atoms with E-state index in [2.05, 4.69) is 15.5 Å². The summed E-state index contributed by atoms with van der Waals surface area (Å²) in [7, 11) is 0. The number of thiophene rings is 1. The van der Waals surface area contributed by atoms with Crippen LogP contribution in [-0.2, 0) is 20.8 Å². The molecule has 2 aliphatic heterocycles. The van der Waals surface area contributed by atoms with Crippen LogP contribution in [0.3, 0.4) is 0 Å². The molecule has 2 aromatic heterocycles. The van der Waals surface area contributed by atoms with Crippen LogP contribution in [0, 0.1) is 6.92 Å². The predicted octanol–water partition coefficient (Wildman–Crippen LogP) is 1.68. The summed E-state index contributed by atoms with van der Waals surface area (Å²) >= 11 is 5.19. The Labute approximate surface area is 198 Å². The molecule has 168 valence electrons. The lowest BCUT2D eigenvalue weighted by atomic mass is 10.0. The van der Waals surface area contributed by atoms with E-state index in [4.69, 9.17) is 0 Å². The van der Waals surface area contributed by atoms with Gasteiger partial charge < -0.3 is 15.5 Å². The van der Waals surface area contributed by atoms with E-state index in [1.54, 1.807) is 11.4 Å². The number of aliphatic carboxylic acids is 1.